The summed E-state index contributed by atoms with van der Waals surface area (Å²) in [7, 11) is 0. The minimum absolute atomic E-state index is 0.204. The van der Waals surface area contributed by atoms with Crippen LogP contribution in [0.1, 0.15) is 60.3 Å². The third-order valence-corrected chi connectivity index (χ3v) is 4.41. The van der Waals surface area contributed by atoms with Gasteiger partial charge in [0.05, 0.1) is 0 Å². The van der Waals surface area contributed by atoms with E-state index in [4.69, 9.17) is 12.2 Å². The first-order valence-electron chi connectivity index (χ1n) is 6.44. The Morgan fingerprint density at radius 3 is 2.44 bits per heavy atom. The topological polar surface area (TPSA) is 3.24 Å². The highest BCUT2D eigenvalue weighted by Crippen LogP contribution is 2.30. The van der Waals surface area contributed by atoms with Crippen molar-refractivity contribution >= 4 is 17.2 Å². The van der Waals surface area contributed by atoms with Crippen LogP contribution in [0.3, 0.4) is 0 Å². The average molecular weight is 239 g/mol. The molecule has 0 unspecified atom stereocenters. The van der Waals surface area contributed by atoms with Crippen molar-refractivity contribution in [2.75, 3.05) is 6.54 Å². The van der Waals surface area contributed by atoms with Gasteiger partial charge in [0.15, 0.2) is 0 Å². The molecule has 0 fully saturated rings. The van der Waals surface area contributed by atoms with E-state index in [1.807, 2.05) is 0 Å². The lowest BCUT2D eigenvalue weighted by atomic mass is 9.91. The Bertz CT molecular complexity index is 302. The van der Waals surface area contributed by atoms with Gasteiger partial charge in [0.1, 0.15) is 4.99 Å². The Hall–Kier alpha value is -0.370. The molecule has 0 amide bonds. The molecule has 0 saturated heterocycles. The summed E-state index contributed by atoms with van der Waals surface area (Å²) >= 11 is 5.62. The molecular formula is C14H25NS. The summed E-state index contributed by atoms with van der Waals surface area (Å²) in [6, 6.07) is 0. The van der Waals surface area contributed by atoms with Gasteiger partial charge in [-0.2, -0.15) is 0 Å². The zero-order chi connectivity index (χ0) is 12.3. The highest BCUT2D eigenvalue weighted by Gasteiger charge is 2.30. The van der Waals surface area contributed by atoms with Crippen LogP contribution in [0, 0.1) is 0 Å². The number of nitrogens with zero attached hydrogens (tertiary/aromatic N) is 1. The van der Waals surface area contributed by atoms with Crippen LogP contribution in [-0.4, -0.2) is 22.0 Å². The van der Waals surface area contributed by atoms with Gasteiger partial charge in [-0.25, -0.2) is 0 Å². The molecule has 0 bridgehead atoms. The summed E-state index contributed by atoms with van der Waals surface area (Å²) < 4.78 is 0. The normalized spacial score (nSPS) is 18.3. The van der Waals surface area contributed by atoms with Crippen molar-refractivity contribution in [2.45, 2.75) is 65.8 Å². The van der Waals surface area contributed by atoms with Crippen molar-refractivity contribution in [2.24, 2.45) is 0 Å². The lowest BCUT2D eigenvalue weighted by molar-refractivity contribution is 0.208. The van der Waals surface area contributed by atoms with Gasteiger partial charge in [-0.15, -0.1) is 0 Å². The predicted octanol–water partition coefficient (Wildman–Crippen LogP) is 4.32. The molecule has 0 aromatic rings. The largest absolute Gasteiger partial charge is 0.357 e. The molecule has 0 aromatic heterocycles. The van der Waals surface area contributed by atoms with Crippen LogP contribution in [0.2, 0.25) is 0 Å². The first kappa shape index (κ1) is 13.7. The van der Waals surface area contributed by atoms with Crippen LogP contribution in [0.25, 0.3) is 0 Å². The summed E-state index contributed by atoms with van der Waals surface area (Å²) in [4.78, 5) is 3.50. The summed E-state index contributed by atoms with van der Waals surface area (Å²) in [5, 5.41) is 0. The van der Waals surface area contributed by atoms with Crippen molar-refractivity contribution in [1.82, 2.24) is 4.90 Å². The lowest BCUT2D eigenvalue weighted by Gasteiger charge is -2.43. The van der Waals surface area contributed by atoms with Crippen molar-refractivity contribution < 1.29 is 0 Å². The average Bonchev–Trinajstić information content (AvgIpc) is 2.25. The summed E-state index contributed by atoms with van der Waals surface area (Å²) in [6.07, 6.45) is 4.78. The molecule has 1 aliphatic heterocycles. The highest BCUT2D eigenvalue weighted by molar-refractivity contribution is 7.80. The first-order chi connectivity index (χ1) is 7.44. The lowest BCUT2D eigenvalue weighted by Crippen LogP contribution is -2.49. The van der Waals surface area contributed by atoms with Gasteiger partial charge in [0, 0.05) is 12.1 Å². The molecule has 0 N–H and O–H groups in total. The van der Waals surface area contributed by atoms with Crippen molar-refractivity contribution in [1.29, 1.82) is 0 Å². The molecule has 1 aliphatic rings. The molecule has 0 saturated carbocycles. The fourth-order valence-electron chi connectivity index (χ4n) is 2.27. The van der Waals surface area contributed by atoms with E-state index in [2.05, 4.69) is 39.5 Å². The summed E-state index contributed by atoms with van der Waals surface area (Å²) in [5.74, 6) is 0. The maximum Gasteiger partial charge on any atom is 0.105 e. The van der Waals surface area contributed by atoms with Gasteiger partial charge >= 0.3 is 0 Å². The Morgan fingerprint density at radius 1 is 1.31 bits per heavy atom. The first-order valence-corrected chi connectivity index (χ1v) is 6.85. The molecule has 92 valence electrons. The third kappa shape index (κ3) is 2.65. The molecule has 1 heterocycles. The zero-order valence-corrected chi connectivity index (χ0v) is 12.2. The van der Waals surface area contributed by atoms with E-state index in [1.54, 1.807) is 5.57 Å². The minimum Gasteiger partial charge on any atom is -0.357 e. The SMILES string of the molecule is CCCC1=C(C)C(=S)N(C(C)(C)CC)CC1. The summed E-state index contributed by atoms with van der Waals surface area (Å²) in [6.45, 7) is 12.4. The molecule has 1 rings (SSSR count). The second kappa shape index (κ2) is 5.31. The third-order valence-electron chi connectivity index (χ3n) is 3.88. The molecule has 0 radical (unpaired) electrons. The maximum atomic E-state index is 5.62. The Morgan fingerprint density at radius 2 is 1.94 bits per heavy atom. The smallest absolute Gasteiger partial charge is 0.105 e. The van der Waals surface area contributed by atoms with Gasteiger partial charge in [-0.1, -0.05) is 38.1 Å². The quantitative estimate of drug-likeness (QED) is 0.672. The maximum absolute atomic E-state index is 5.62. The predicted molar refractivity (Wildman–Crippen MR) is 75.9 cm³/mol. The monoisotopic (exact) mass is 239 g/mol. The van der Waals surface area contributed by atoms with Gasteiger partial charge < -0.3 is 4.90 Å². The molecule has 16 heavy (non-hydrogen) atoms. The molecule has 2 heteroatoms. The molecule has 1 nitrogen and oxygen atoms in total. The number of hydrogen-bond acceptors (Lipinski definition) is 1. The fourth-order valence-corrected chi connectivity index (χ4v) is 2.75. The minimum atomic E-state index is 0.204. The van der Waals surface area contributed by atoms with Gasteiger partial charge in [-0.3, -0.25) is 0 Å². The number of hydrogen-bond donors (Lipinski definition) is 0. The van der Waals surface area contributed by atoms with Crippen molar-refractivity contribution in [3.63, 3.8) is 0 Å². The van der Waals surface area contributed by atoms with Gasteiger partial charge in [-0.05, 0) is 45.6 Å². The van der Waals surface area contributed by atoms with Crippen LogP contribution in [-0.2, 0) is 0 Å². The second-order valence-corrected chi connectivity index (χ2v) is 5.74. The molecule has 0 atom stereocenters. The standard InChI is InChI=1S/C14H25NS/c1-6-8-12-9-10-15(13(16)11(12)3)14(4,5)7-2/h6-10H2,1-5H3. The van der Waals surface area contributed by atoms with Crippen LogP contribution in [0.15, 0.2) is 11.1 Å². The van der Waals surface area contributed by atoms with Crippen LogP contribution >= 0.6 is 12.2 Å². The zero-order valence-electron chi connectivity index (χ0n) is 11.4. The molecule has 0 spiro atoms. The Labute approximate surface area is 106 Å². The van der Waals surface area contributed by atoms with Gasteiger partial charge in [0.25, 0.3) is 0 Å². The van der Waals surface area contributed by atoms with Gasteiger partial charge in [0.2, 0.25) is 0 Å². The van der Waals surface area contributed by atoms with Crippen molar-refractivity contribution in [3.05, 3.63) is 11.1 Å². The van der Waals surface area contributed by atoms with E-state index in [9.17, 15) is 0 Å². The van der Waals surface area contributed by atoms with E-state index < -0.39 is 0 Å². The highest BCUT2D eigenvalue weighted by atomic mass is 32.1. The van der Waals surface area contributed by atoms with Crippen LogP contribution < -0.4 is 0 Å². The summed E-state index contributed by atoms with van der Waals surface area (Å²) in [5.41, 5.74) is 3.15. The molecular weight excluding hydrogens is 214 g/mol. The van der Waals surface area contributed by atoms with Crippen LogP contribution in [0.5, 0.6) is 0 Å². The number of rotatable bonds is 4. The van der Waals surface area contributed by atoms with E-state index in [1.165, 1.54) is 24.8 Å². The van der Waals surface area contributed by atoms with E-state index in [0.717, 1.165) is 18.0 Å². The Kier molecular flexibility index (Phi) is 4.54. The van der Waals surface area contributed by atoms with E-state index in [0.29, 0.717) is 0 Å². The fraction of sp³-hybridized carbons (Fsp3) is 0.786. The van der Waals surface area contributed by atoms with E-state index >= 15 is 0 Å². The number of thiocarbonyl (C=S) groups is 1. The van der Waals surface area contributed by atoms with E-state index in [-0.39, 0.29) is 5.54 Å². The van der Waals surface area contributed by atoms with Crippen molar-refractivity contribution in [3.8, 4) is 0 Å². The molecule has 0 aliphatic carbocycles. The van der Waals surface area contributed by atoms with Crippen LogP contribution in [0.4, 0.5) is 0 Å². The molecule has 0 aromatic carbocycles. The second-order valence-electron chi connectivity index (χ2n) is 5.35. The Balaban J connectivity index is 2.89.